The Morgan fingerprint density at radius 2 is 1.79 bits per heavy atom. The van der Waals surface area contributed by atoms with E-state index < -0.39 is 5.54 Å². The highest BCUT2D eigenvalue weighted by atomic mass is 16.2. The molecule has 2 aliphatic rings. The molecule has 1 heterocycles. The van der Waals surface area contributed by atoms with Gasteiger partial charge in [0.05, 0.1) is 6.54 Å². The van der Waals surface area contributed by atoms with Crippen molar-refractivity contribution in [2.45, 2.75) is 45.6 Å². The second kappa shape index (κ2) is 8.72. The van der Waals surface area contributed by atoms with Gasteiger partial charge in [0.1, 0.15) is 5.54 Å². The molecule has 3 amide bonds. The van der Waals surface area contributed by atoms with Crippen molar-refractivity contribution in [3.8, 4) is 0 Å². The molecule has 2 fully saturated rings. The standard InChI is InChI=1S/C21H28N2O3.C2H4/c1-14(2)17-11-10-15(3)12-21(17)19(25)23(20(26)22(21)4)13-18(24)16-8-6-5-7-9-16;1-2/h5-9,14-15,17H,10-13H2,1-4H3;1-2H2/t15-,17+,21+;/m1./s1. The fraction of sp³-hybridized carbons (Fsp3) is 0.522. The first kappa shape index (κ1) is 21.9. The lowest BCUT2D eigenvalue weighted by atomic mass is 9.64. The Morgan fingerprint density at radius 3 is 2.36 bits per heavy atom. The first-order valence-electron chi connectivity index (χ1n) is 9.97. The van der Waals surface area contributed by atoms with Crippen LogP contribution >= 0.6 is 0 Å². The van der Waals surface area contributed by atoms with E-state index in [0.717, 1.165) is 12.8 Å². The van der Waals surface area contributed by atoms with Crippen LogP contribution < -0.4 is 0 Å². The van der Waals surface area contributed by atoms with Gasteiger partial charge in [0, 0.05) is 12.6 Å². The quantitative estimate of drug-likeness (QED) is 0.439. The molecule has 5 heteroatoms. The van der Waals surface area contributed by atoms with Crippen molar-refractivity contribution >= 4 is 17.7 Å². The van der Waals surface area contributed by atoms with E-state index in [4.69, 9.17) is 0 Å². The summed E-state index contributed by atoms with van der Waals surface area (Å²) >= 11 is 0. The third-order valence-corrected chi connectivity index (χ3v) is 6.18. The predicted molar refractivity (Wildman–Crippen MR) is 111 cm³/mol. The molecule has 1 aromatic carbocycles. The molecule has 3 atom stereocenters. The summed E-state index contributed by atoms with van der Waals surface area (Å²) in [6.07, 6.45) is 2.68. The molecule has 0 aromatic heterocycles. The number of likely N-dealkylation sites (N-methyl/N-ethyl adjacent to an activating group) is 1. The van der Waals surface area contributed by atoms with Crippen molar-refractivity contribution in [2.24, 2.45) is 17.8 Å². The van der Waals surface area contributed by atoms with Gasteiger partial charge in [-0.2, -0.15) is 0 Å². The molecule has 1 aliphatic carbocycles. The number of benzene rings is 1. The zero-order chi connectivity index (χ0) is 21.1. The minimum Gasteiger partial charge on any atom is -0.312 e. The lowest BCUT2D eigenvalue weighted by molar-refractivity contribution is -0.139. The lowest BCUT2D eigenvalue weighted by Gasteiger charge is -2.47. The number of rotatable bonds is 4. The molecule has 1 aromatic rings. The third kappa shape index (κ3) is 3.62. The molecule has 1 spiro atoms. The summed E-state index contributed by atoms with van der Waals surface area (Å²) in [5.74, 6) is 0.402. The van der Waals surface area contributed by atoms with E-state index in [1.807, 2.05) is 6.07 Å². The van der Waals surface area contributed by atoms with Crippen LogP contribution in [-0.4, -0.2) is 46.7 Å². The lowest BCUT2D eigenvalue weighted by Crippen LogP contribution is -2.58. The molecule has 1 saturated carbocycles. The van der Waals surface area contributed by atoms with Gasteiger partial charge in [0.2, 0.25) is 0 Å². The number of imide groups is 1. The van der Waals surface area contributed by atoms with Gasteiger partial charge < -0.3 is 4.90 Å². The third-order valence-electron chi connectivity index (χ3n) is 6.18. The maximum atomic E-state index is 13.4. The fourth-order valence-electron chi connectivity index (χ4n) is 4.82. The van der Waals surface area contributed by atoms with Crippen LogP contribution in [0.3, 0.4) is 0 Å². The second-order valence-electron chi connectivity index (χ2n) is 8.18. The van der Waals surface area contributed by atoms with Crippen LogP contribution in [0.5, 0.6) is 0 Å². The van der Waals surface area contributed by atoms with Crippen LogP contribution in [0.1, 0.15) is 50.4 Å². The number of amides is 3. The van der Waals surface area contributed by atoms with Crippen LogP contribution in [0, 0.1) is 17.8 Å². The maximum Gasteiger partial charge on any atom is 0.327 e. The van der Waals surface area contributed by atoms with Crippen molar-refractivity contribution in [3.63, 3.8) is 0 Å². The summed E-state index contributed by atoms with van der Waals surface area (Å²) in [6, 6.07) is 8.48. The van der Waals surface area contributed by atoms with Crippen LogP contribution in [-0.2, 0) is 4.79 Å². The number of Topliss-reactive ketones (excluding diaryl/α,β-unsaturated/α-hetero) is 1. The van der Waals surface area contributed by atoms with Gasteiger partial charge >= 0.3 is 6.03 Å². The zero-order valence-electron chi connectivity index (χ0n) is 17.5. The second-order valence-corrected chi connectivity index (χ2v) is 8.18. The zero-order valence-corrected chi connectivity index (χ0v) is 17.5. The van der Waals surface area contributed by atoms with Gasteiger partial charge in [-0.15, -0.1) is 13.2 Å². The number of nitrogens with zero attached hydrogens (tertiary/aromatic N) is 2. The van der Waals surface area contributed by atoms with Crippen molar-refractivity contribution in [1.82, 2.24) is 9.80 Å². The van der Waals surface area contributed by atoms with Crippen molar-refractivity contribution < 1.29 is 14.4 Å². The van der Waals surface area contributed by atoms with Gasteiger partial charge in [0.15, 0.2) is 5.78 Å². The average molecular weight is 385 g/mol. The smallest absolute Gasteiger partial charge is 0.312 e. The Bertz CT molecular complexity index is 731. The first-order chi connectivity index (χ1) is 13.3. The van der Waals surface area contributed by atoms with E-state index in [1.165, 1.54) is 4.90 Å². The van der Waals surface area contributed by atoms with Crippen LogP contribution in [0.15, 0.2) is 43.5 Å². The van der Waals surface area contributed by atoms with Gasteiger partial charge in [-0.05, 0) is 30.6 Å². The highest BCUT2D eigenvalue weighted by Gasteiger charge is 2.61. The molecular weight excluding hydrogens is 352 g/mol. The SMILES string of the molecule is C=C.CC(C)[C@@H]1CC[C@@H](C)C[C@@]12C(=O)N(CC(=O)c1ccccc1)C(=O)N2C. The molecule has 1 saturated heterocycles. The Kier molecular flexibility index (Phi) is 6.81. The van der Waals surface area contributed by atoms with Crippen molar-refractivity contribution in [3.05, 3.63) is 49.1 Å². The van der Waals surface area contributed by atoms with Gasteiger partial charge in [0.25, 0.3) is 5.91 Å². The van der Waals surface area contributed by atoms with Crippen LogP contribution in [0.4, 0.5) is 4.79 Å². The Hall–Kier alpha value is -2.43. The molecule has 0 unspecified atom stereocenters. The molecular formula is C23H32N2O3. The summed E-state index contributed by atoms with van der Waals surface area (Å²) in [5, 5.41) is 0. The van der Waals surface area contributed by atoms with Crippen LogP contribution in [0.2, 0.25) is 0 Å². The van der Waals surface area contributed by atoms with Gasteiger partial charge in [-0.1, -0.05) is 57.5 Å². The summed E-state index contributed by atoms with van der Waals surface area (Å²) < 4.78 is 0. The van der Waals surface area contributed by atoms with E-state index in [-0.39, 0.29) is 30.2 Å². The van der Waals surface area contributed by atoms with Gasteiger partial charge in [-0.3, -0.25) is 14.5 Å². The van der Waals surface area contributed by atoms with Gasteiger partial charge in [-0.25, -0.2) is 4.79 Å². The fourth-order valence-corrected chi connectivity index (χ4v) is 4.82. The molecule has 152 valence electrons. The molecule has 1 aliphatic heterocycles. The number of ketones is 1. The topological polar surface area (TPSA) is 57.7 Å². The van der Waals surface area contributed by atoms with E-state index in [9.17, 15) is 14.4 Å². The number of carbonyl (C=O) groups excluding carboxylic acids is 3. The van der Waals surface area contributed by atoms with E-state index in [1.54, 1.807) is 36.2 Å². The van der Waals surface area contributed by atoms with Crippen LogP contribution in [0.25, 0.3) is 0 Å². The minimum atomic E-state index is -0.806. The monoisotopic (exact) mass is 384 g/mol. The number of hydrogen-bond donors (Lipinski definition) is 0. The molecule has 3 rings (SSSR count). The minimum absolute atomic E-state index is 0.122. The number of urea groups is 1. The van der Waals surface area contributed by atoms with E-state index in [0.29, 0.717) is 23.8 Å². The summed E-state index contributed by atoms with van der Waals surface area (Å²) in [6.45, 7) is 12.2. The number of carbonyl (C=O) groups is 3. The molecule has 28 heavy (non-hydrogen) atoms. The average Bonchev–Trinajstić information content (AvgIpc) is 2.86. The first-order valence-corrected chi connectivity index (χ1v) is 9.97. The molecule has 0 radical (unpaired) electrons. The summed E-state index contributed by atoms with van der Waals surface area (Å²) in [5.41, 5.74) is -0.283. The largest absolute Gasteiger partial charge is 0.327 e. The maximum absolute atomic E-state index is 13.4. The van der Waals surface area contributed by atoms with Crippen molar-refractivity contribution in [1.29, 1.82) is 0 Å². The molecule has 0 bridgehead atoms. The van der Waals surface area contributed by atoms with E-state index in [2.05, 4.69) is 33.9 Å². The molecule has 5 nitrogen and oxygen atoms in total. The Balaban J connectivity index is 0.00000136. The highest BCUT2D eigenvalue weighted by Crippen LogP contribution is 2.48. The number of hydrogen-bond acceptors (Lipinski definition) is 3. The predicted octanol–water partition coefficient (Wildman–Crippen LogP) is 4.40. The Labute approximate surface area is 168 Å². The summed E-state index contributed by atoms with van der Waals surface area (Å²) in [4.78, 5) is 41.7. The summed E-state index contributed by atoms with van der Waals surface area (Å²) in [7, 11) is 1.72. The normalized spacial score (nSPS) is 27.2. The van der Waals surface area contributed by atoms with E-state index >= 15 is 0 Å². The Morgan fingerprint density at radius 1 is 1.18 bits per heavy atom. The highest BCUT2D eigenvalue weighted by molar-refractivity contribution is 6.11. The van der Waals surface area contributed by atoms with Crippen molar-refractivity contribution in [2.75, 3.05) is 13.6 Å². The molecule has 0 N–H and O–H groups in total.